The van der Waals surface area contributed by atoms with Gasteiger partial charge in [-0.1, -0.05) is 64.5 Å². The van der Waals surface area contributed by atoms with E-state index in [1.165, 1.54) is 10.9 Å². The highest BCUT2D eigenvalue weighted by molar-refractivity contribution is 9.10. The van der Waals surface area contributed by atoms with Gasteiger partial charge in [0, 0.05) is 10.9 Å². The van der Waals surface area contributed by atoms with Gasteiger partial charge in [0.15, 0.2) is 0 Å². The van der Waals surface area contributed by atoms with E-state index in [1.54, 1.807) is 0 Å². The molecule has 106 valence electrons. The van der Waals surface area contributed by atoms with Gasteiger partial charge in [-0.2, -0.15) is 0 Å². The van der Waals surface area contributed by atoms with Crippen molar-refractivity contribution in [2.75, 3.05) is 0 Å². The van der Waals surface area contributed by atoms with E-state index < -0.39 is 6.10 Å². The van der Waals surface area contributed by atoms with Crippen molar-refractivity contribution in [3.8, 4) is 0 Å². The number of rotatable bonds is 3. The van der Waals surface area contributed by atoms with Crippen LogP contribution in [0, 0.1) is 6.92 Å². The highest BCUT2D eigenvalue weighted by Crippen LogP contribution is 2.29. The fourth-order valence-electron chi connectivity index (χ4n) is 2.72. The predicted molar refractivity (Wildman–Crippen MR) is 91.5 cm³/mol. The van der Waals surface area contributed by atoms with E-state index >= 15 is 0 Å². The van der Waals surface area contributed by atoms with Gasteiger partial charge in [-0.25, -0.2) is 0 Å². The van der Waals surface area contributed by atoms with Crippen molar-refractivity contribution in [1.82, 2.24) is 0 Å². The van der Waals surface area contributed by atoms with Crippen molar-refractivity contribution >= 4 is 26.7 Å². The molecule has 2 heteroatoms. The second kappa shape index (κ2) is 6.00. The third kappa shape index (κ3) is 3.02. The van der Waals surface area contributed by atoms with Gasteiger partial charge < -0.3 is 5.11 Å². The molecule has 0 radical (unpaired) electrons. The maximum atomic E-state index is 10.6. The highest BCUT2D eigenvalue weighted by atomic mass is 79.9. The summed E-state index contributed by atoms with van der Waals surface area (Å²) in [5.41, 5.74) is 3.37. The maximum absolute atomic E-state index is 10.6. The number of aryl methyl sites for hydroxylation is 1. The van der Waals surface area contributed by atoms with Crippen molar-refractivity contribution in [2.45, 2.75) is 19.4 Å². The van der Waals surface area contributed by atoms with Crippen LogP contribution in [0.5, 0.6) is 0 Å². The number of hydrogen-bond acceptors (Lipinski definition) is 1. The Morgan fingerprint density at radius 2 is 1.57 bits per heavy atom. The molecule has 0 saturated carbocycles. The lowest BCUT2D eigenvalue weighted by Gasteiger charge is -2.15. The molecule has 3 aromatic carbocycles. The lowest BCUT2D eigenvalue weighted by molar-refractivity contribution is 0.180. The fraction of sp³-hybridized carbons (Fsp3) is 0.158. The Kier molecular flexibility index (Phi) is 4.09. The zero-order valence-electron chi connectivity index (χ0n) is 11.9. The monoisotopic (exact) mass is 340 g/mol. The number of hydrogen-bond donors (Lipinski definition) is 1. The van der Waals surface area contributed by atoms with E-state index in [0.29, 0.717) is 6.42 Å². The Labute approximate surface area is 133 Å². The number of aliphatic hydroxyl groups excluding tert-OH is 1. The Morgan fingerprint density at radius 3 is 2.29 bits per heavy atom. The molecule has 0 saturated heterocycles. The van der Waals surface area contributed by atoms with E-state index in [9.17, 15) is 5.11 Å². The molecule has 0 aliphatic carbocycles. The smallest absolute Gasteiger partial charge is 0.0836 e. The van der Waals surface area contributed by atoms with Crippen LogP contribution in [0.2, 0.25) is 0 Å². The lowest BCUT2D eigenvalue weighted by Crippen LogP contribution is -2.03. The van der Waals surface area contributed by atoms with Crippen LogP contribution >= 0.6 is 15.9 Å². The Hall–Kier alpha value is -1.64. The molecule has 0 heterocycles. The largest absolute Gasteiger partial charge is 0.388 e. The molecule has 1 nitrogen and oxygen atoms in total. The zero-order chi connectivity index (χ0) is 14.8. The van der Waals surface area contributed by atoms with Crippen molar-refractivity contribution in [2.24, 2.45) is 0 Å². The third-order valence-electron chi connectivity index (χ3n) is 3.88. The summed E-state index contributed by atoms with van der Waals surface area (Å²) in [7, 11) is 0. The normalized spacial score (nSPS) is 12.5. The average Bonchev–Trinajstić information content (AvgIpc) is 2.50. The first kappa shape index (κ1) is 14.3. The quantitative estimate of drug-likeness (QED) is 0.695. The summed E-state index contributed by atoms with van der Waals surface area (Å²) >= 11 is 3.43. The molecule has 21 heavy (non-hydrogen) atoms. The summed E-state index contributed by atoms with van der Waals surface area (Å²) in [5, 5.41) is 13.0. The molecule has 0 aliphatic rings. The van der Waals surface area contributed by atoms with Crippen LogP contribution < -0.4 is 0 Å². The van der Waals surface area contributed by atoms with E-state index in [2.05, 4.69) is 41.1 Å². The summed E-state index contributed by atoms with van der Waals surface area (Å²) in [5.74, 6) is 0. The lowest BCUT2D eigenvalue weighted by atomic mass is 9.94. The number of halogens is 1. The van der Waals surface area contributed by atoms with Gasteiger partial charge in [-0.15, -0.1) is 0 Å². The fourth-order valence-corrected chi connectivity index (χ4v) is 2.98. The Balaban J connectivity index is 1.96. The summed E-state index contributed by atoms with van der Waals surface area (Å²) in [6.07, 6.45) is 0.136. The van der Waals surface area contributed by atoms with Crippen LogP contribution in [0.1, 0.15) is 22.8 Å². The van der Waals surface area contributed by atoms with Crippen LogP contribution in [0.15, 0.2) is 65.1 Å². The summed E-state index contributed by atoms with van der Waals surface area (Å²) in [6.45, 7) is 2.10. The number of aliphatic hydroxyl groups is 1. The first-order valence-corrected chi connectivity index (χ1v) is 7.85. The molecule has 0 spiro atoms. The van der Waals surface area contributed by atoms with Crippen molar-refractivity contribution < 1.29 is 5.11 Å². The number of fused-ring (bicyclic) bond motifs is 1. The van der Waals surface area contributed by atoms with Crippen molar-refractivity contribution in [3.63, 3.8) is 0 Å². The number of benzene rings is 3. The van der Waals surface area contributed by atoms with Gasteiger partial charge in [-0.05, 0) is 46.5 Å². The minimum Gasteiger partial charge on any atom is -0.388 e. The third-order valence-corrected chi connectivity index (χ3v) is 4.41. The second-order valence-electron chi connectivity index (χ2n) is 5.36. The molecule has 1 unspecified atom stereocenters. The van der Waals surface area contributed by atoms with Crippen molar-refractivity contribution in [3.05, 3.63) is 81.8 Å². The van der Waals surface area contributed by atoms with Crippen LogP contribution in [0.4, 0.5) is 0 Å². The first-order valence-electron chi connectivity index (χ1n) is 7.06. The molecule has 0 aromatic heterocycles. The summed E-state index contributed by atoms with van der Waals surface area (Å²) in [4.78, 5) is 0. The van der Waals surface area contributed by atoms with Gasteiger partial charge in [-0.3, -0.25) is 0 Å². The minimum atomic E-state index is -0.489. The van der Waals surface area contributed by atoms with Gasteiger partial charge >= 0.3 is 0 Å². The van der Waals surface area contributed by atoms with Gasteiger partial charge in [0.25, 0.3) is 0 Å². The van der Waals surface area contributed by atoms with Gasteiger partial charge in [0.1, 0.15) is 0 Å². The van der Waals surface area contributed by atoms with Crippen LogP contribution in [0.25, 0.3) is 10.8 Å². The zero-order valence-corrected chi connectivity index (χ0v) is 13.5. The molecule has 1 atom stereocenters. The minimum absolute atomic E-state index is 0.489. The van der Waals surface area contributed by atoms with E-state index in [-0.39, 0.29) is 0 Å². The Bertz CT molecular complexity index is 762. The summed E-state index contributed by atoms with van der Waals surface area (Å²) < 4.78 is 1.06. The maximum Gasteiger partial charge on any atom is 0.0836 e. The second-order valence-corrected chi connectivity index (χ2v) is 6.28. The van der Waals surface area contributed by atoms with E-state index in [0.717, 1.165) is 21.0 Å². The van der Waals surface area contributed by atoms with Crippen LogP contribution in [0.3, 0.4) is 0 Å². The molecule has 3 aromatic rings. The highest BCUT2D eigenvalue weighted by Gasteiger charge is 2.12. The molecule has 3 rings (SSSR count). The topological polar surface area (TPSA) is 20.2 Å². The average molecular weight is 341 g/mol. The molecule has 0 aliphatic heterocycles. The summed E-state index contributed by atoms with van der Waals surface area (Å²) in [6, 6.07) is 20.5. The molecule has 0 bridgehead atoms. The Morgan fingerprint density at radius 1 is 0.905 bits per heavy atom. The molecular formula is C19H17BrO. The molecule has 1 N–H and O–H groups in total. The van der Waals surface area contributed by atoms with Crippen molar-refractivity contribution in [1.29, 1.82) is 0 Å². The predicted octanol–water partition coefficient (Wildman–Crippen LogP) is 5.19. The molecule has 0 amide bonds. The first-order chi connectivity index (χ1) is 10.1. The van der Waals surface area contributed by atoms with E-state index in [1.807, 2.05) is 42.5 Å². The molecule has 0 fully saturated rings. The molecular weight excluding hydrogens is 324 g/mol. The standard InChI is InChI=1S/C19H17BrO/c1-13-6-11-18(17-5-3-2-4-16(13)17)19(21)12-14-7-9-15(20)10-8-14/h2-11,19,21H,12H2,1H3. The van der Waals surface area contributed by atoms with Gasteiger partial charge in [0.2, 0.25) is 0 Å². The van der Waals surface area contributed by atoms with E-state index in [4.69, 9.17) is 0 Å². The van der Waals surface area contributed by atoms with Crippen LogP contribution in [-0.4, -0.2) is 5.11 Å². The van der Waals surface area contributed by atoms with Crippen LogP contribution in [-0.2, 0) is 6.42 Å². The SMILES string of the molecule is Cc1ccc(C(O)Cc2ccc(Br)cc2)c2ccccc12. The van der Waals surface area contributed by atoms with Gasteiger partial charge in [0.05, 0.1) is 6.10 Å².